The summed E-state index contributed by atoms with van der Waals surface area (Å²) in [5.41, 5.74) is 5.76. The van der Waals surface area contributed by atoms with Gasteiger partial charge in [-0.25, -0.2) is 5.32 Å². The quantitative estimate of drug-likeness (QED) is 0.435. The summed E-state index contributed by atoms with van der Waals surface area (Å²) in [7, 11) is 0. The Bertz CT molecular complexity index is 149. The molecule has 0 aromatic rings. The Hall–Kier alpha value is -0.610. The van der Waals surface area contributed by atoms with Crippen LogP contribution < -0.4 is 16.4 Å². The highest BCUT2D eigenvalue weighted by atomic mass is 15.1. The van der Waals surface area contributed by atoms with Crippen molar-refractivity contribution in [1.29, 1.82) is 0 Å². The van der Waals surface area contributed by atoms with Crippen LogP contribution in [0.15, 0.2) is 4.99 Å². The highest BCUT2D eigenvalue weighted by Crippen LogP contribution is 1.90. The zero-order valence-corrected chi connectivity index (χ0v) is 7.58. The second-order valence-corrected chi connectivity index (χ2v) is 2.94. The first-order chi connectivity index (χ1) is 5.84. The summed E-state index contributed by atoms with van der Waals surface area (Å²) in [6, 6.07) is 0.185. The van der Waals surface area contributed by atoms with E-state index in [2.05, 4.69) is 22.5 Å². The fraction of sp³-hybridized carbons (Fsp3) is 0.875. The van der Waals surface area contributed by atoms with E-state index in [4.69, 9.17) is 5.73 Å². The molecular weight excluding hydrogens is 152 g/mol. The van der Waals surface area contributed by atoms with E-state index in [0.717, 1.165) is 32.6 Å². The molecule has 1 aliphatic rings. The van der Waals surface area contributed by atoms with Gasteiger partial charge in [0.15, 0.2) is 0 Å². The van der Waals surface area contributed by atoms with E-state index in [-0.39, 0.29) is 6.04 Å². The van der Waals surface area contributed by atoms with Crippen molar-refractivity contribution < 1.29 is 0 Å². The number of piperazine rings is 1. The summed E-state index contributed by atoms with van der Waals surface area (Å²) in [6.45, 7) is 5.52. The predicted octanol–water partition coefficient (Wildman–Crippen LogP) is -0.670. The maximum atomic E-state index is 5.76. The molecule has 0 aliphatic carbocycles. The zero-order chi connectivity index (χ0) is 8.81. The van der Waals surface area contributed by atoms with Gasteiger partial charge in [-0.1, -0.05) is 6.92 Å². The summed E-state index contributed by atoms with van der Waals surface area (Å²) in [5.74, 6) is 0.709. The van der Waals surface area contributed by atoms with Gasteiger partial charge in [0.2, 0.25) is 0 Å². The van der Waals surface area contributed by atoms with E-state index in [1.165, 1.54) is 0 Å². The lowest BCUT2D eigenvalue weighted by Gasteiger charge is -2.22. The maximum absolute atomic E-state index is 5.76. The number of amidine groups is 1. The molecule has 1 aliphatic heterocycles. The number of hydrogen-bond donors (Lipinski definition) is 2. The molecule has 1 saturated heterocycles. The Labute approximate surface area is 73.6 Å². The zero-order valence-electron chi connectivity index (χ0n) is 7.58. The Morgan fingerprint density at radius 1 is 1.75 bits per heavy atom. The Morgan fingerprint density at radius 2 is 2.58 bits per heavy atom. The summed E-state index contributed by atoms with van der Waals surface area (Å²) < 4.78 is 0. The number of nitrogens with two attached hydrogens (primary N) is 1. The SMILES string of the molecule is CCC/N=C(\N)C1C[N]CCN1. The molecule has 12 heavy (non-hydrogen) atoms. The van der Waals surface area contributed by atoms with Gasteiger partial charge in [0.25, 0.3) is 0 Å². The Balaban J connectivity index is 2.33. The molecule has 0 aromatic carbocycles. The number of nitrogens with zero attached hydrogens (tertiary/aromatic N) is 2. The van der Waals surface area contributed by atoms with Crippen LogP contribution in [0.4, 0.5) is 0 Å². The lowest BCUT2D eigenvalue weighted by molar-refractivity contribution is 0.477. The van der Waals surface area contributed by atoms with Gasteiger partial charge in [-0.3, -0.25) is 4.99 Å². The van der Waals surface area contributed by atoms with Gasteiger partial charge in [-0.2, -0.15) is 0 Å². The molecule has 0 spiro atoms. The first-order valence-electron chi connectivity index (χ1n) is 4.51. The minimum atomic E-state index is 0.185. The smallest absolute Gasteiger partial charge is 0.112 e. The molecule has 4 nitrogen and oxygen atoms in total. The normalized spacial score (nSPS) is 25.8. The van der Waals surface area contributed by atoms with E-state index in [0.29, 0.717) is 5.84 Å². The van der Waals surface area contributed by atoms with Crippen molar-refractivity contribution in [1.82, 2.24) is 10.6 Å². The Kier molecular flexibility index (Phi) is 4.04. The van der Waals surface area contributed by atoms with Crippen LogP contribution in [0.25, 0.3) is 0 Å². The standard InChI is InChI=1S/C8H17N4/c1-2-3-12-8(9)7-6-10-4-5-11-7/h7,11H,2-6H2,1H3,(H2,9,12). The number of hydrogen-bond acceptors (Lipinski definition) is 2. The van der Waals surface area contributed by atoms with Gasteiger partial charge < -0.3 is 11.1 Å². The highest BCUT2D eigenvalue weighted by molar-refractivity contribution is 5.86. The molecule has 4 heteroatoms. The highest BCUT2D eigenvalue weighted by Gasteiger charge is 2.15. The monoisotopic (exact) mass is 169 g/mol. The fourth-order valence-corrected chi connectivity index (χ4v) is 1.15. The van der Waals surface area contributed by atoms with Crippen molar-refractivity contribution in [2.75, 3.05) is 26.2 Å². The average molecular weight is 169 g/mol. The van der Waals surface area contributed by atoms with E-state index in [9.17, 15) is 0 Å². The molecule has 1 rings (SSSR count). The molecule has 69 valence electrons. The van der Waals surface area contributed by atoms with Gasteiger partial charge in [-0.15, -0.1) is 0 Å². The molecule has 3 N–H and O–H groups in total. The molecule has 0 bridgehead atoms. The summed E-state index contributed by atoms with van der Waals surface area (Å²) >= 11 is 0. The van der Waals surface area contributed by atoms with E-state index in [1.54, 1.807) is 0 Å². The van der Waals surface area contributed by atoms with Crippen LogP contribution in [0.5, 0.6) is 0 Å². The number of rotatable bonds is 3. The first kappa shape index (κ1) is 9.48. The fourth-order valence-electron chi connectivity index (χ4n) is 1.15. The molecule has 1 fully saturated rings. The third-order valence-electron chi connectivity index (χ3n) is 1.85. The topological polar surface area (TPSA) is 64.5 Å². The van der Waals surface area contributed by atoms with E-state index in [1.807, 2.05) is 0 Å². The molecule has 1 unspecified atom stereocenters. The van der Waals surface area contributed by atoms with Crippen LogP contribution in [0.3, 0.4) is 0 Å². The van der Waals surface area contributed by atoms with Crippen LogP contribution in [0, 0.1) is 0 Å². The van der Waals surface area contributed by atoms with Gasteiger partial charge >= 0.3 is 0 Å². The largest absolute Gasteiger partial charge is 0.386 e. The summed E-state index contributed by atoms with van der Waals surface area (Å²) in [6.07, 6.45) is 1.05. The molecular formula is C8H17N4. The second kappa shape index (κ2) is 5.11. The third-order valence-corrected chi connectivity index (χ3v) is 1.85. The van der Waals surface area contributed by atoms with Gasteiger partial charge in [0, 0.05) is 26.2 Å². The van der Waals surface area contributed by atoms with E-state index < -0.39 is 0 Å². The van der Waals surface area contributed by atoms with Gasteiger partial charge in [-0.05, 0) is 6.42 Å². The minimum Gasteiger partial charge on any atom is -0.386 e. The van der Waals surface area contributed by atoms with Crippen molar-refractivity contribution in [2.24, 2.45) is 10.7 Å². The summed E-state index contributed by atoms with van der Waals surface area (Å²) in [4.78, 5) is 4.24. The minimum absolute atomic E-state index is 0.185. The lowest BCUT2D eigenvalue weighted by atomic mass is 10.2. The van der Waals surface area contributed by atoms with Crippen molar-refractivity contribution in [2.45, 2.75) is 19.4 Å². The number of nitrogens with one attached hydrogen (secondary N) is 1. The van der Waals surface area contributed by atoms with Crippen LogP contribution in [-0.2, 0) is 0 Å². The van der Waals surface area contributed by atoms with E-state index >= 15 is 0 Å². The molecule has 0 amide bonds. The molecule has 1 atom stereocenters. The van der Waals surface area contributed by atoms with Crippen LogP contribution in [0.1, 0.15) is 13.3 Å². The van der Waals surface area contributed by atoms with Gasteiger partial charge in [0.05, 0.1) is 6.04 Å². The molecule has 0 saturated carbocycles. The van der Waals surface area contributed by atoms with Crippen LogP contribution in [-0.4, -0.2) is 38.1 Å². The van der Waals surface area contributed by atoms with Crippen molar-refractivity contribution in [3.63, 3.8) is 0 Å². The van der Waals surface area contributed by atoms with Crippen molar-refractivity contribution in [3.05, 3.63) is 0 Å². The third kappa shape index (κ3) is 2.79. The second-order valence-electron chi connectivity index (χ2n) is 2.94. The predicted molar refractivity (Wildman–Crippen MR) is 50.4 cm³/mol. The molecule has 1 radical (unpaired) electrons. The molecule has 1 heterocycles. The van der Waals surface area contributed by atoms with Gasteiger partial charge in [0.1, 0.15) is 5.84 Å². The maximum Gasteiger partial charge on any atom is 0.112 e. The van der Waals surface area contributed by atoms with Crippen LogP contribution >= 0.6 is 0 Å². The Morgan fingerprint density at radius 3 is 3.17 bits per heavy atom. The van der Waals surface area contributed by atoms with Crippen LogP contribution in [0.2, 0.25) is 0 Å². The lowest BCUT2D eigenvalue weighted by Crippen LogP contribution is -2.52. The summed E-state index contributed by atoms with van der Waals surface area (Å²) in [5, 5.41) is 7.54. The van der Waals surface area contributed by atoms with Crippen molar-refractivity contribution >= 4 is 5.84 Å². The van der Waals surface area contributed by atoms with Crippen molar-refractivity contribution in [3.8, 4) is 0 Å². The molecule has 0 aromatic heterocycles. The average Bonchev–Trinajstić information content (AvgIpc) is 2.15. The first-order valence-corrected chi connectivity index (χ1v) is 4.51. The number of aliphatic imine (C=N–C) groups is 1.